The van der Waals surface area contributed by atoms with Crippen molar-refractivity contribution in [2.75, 3.05) is 5.32 Å². The van der Waals surface area contributed by atoms with Crippen molar-refractivity contribution >= 4 is 34.3 Å². The van der Waals surface area contributed by atoms with E-state index in [9.17, 15) is 9.90 Å². The third-order valence-electron chi connectivity index (χ3n) is 5.15. The molecular formula is C26H22N2O2. The number of phenolic OH excluding ortho intramolecular Hbond substituents is 1. The molecule has 0 saturated heterocycles. The van der Waals surface area contributed by atoms with Crippen LogP contribution in [0.3, 0.4) is 0 Å². The van der Waals surface area contributed by atoms with Gasteiger partial charge in [0.1, 0.15) is 5.75 Å². The first-order valence-corrected chi connectivity index (χ1v) is 9.76. The van der Waals surface area contributed by atoms with Gasteiger partial charge in [-0.3, -0.25) is 9.79 Å². The number of amides is 1. The number of hydrogen-bond acceptors (Lipinski definition) is 3. The van der Waals surface area contributed by atoms with Gasteiger partial charge in [-0.1, -0.05) is 60.7 Å². The molecule has 148 valence electrons. The number of rotatable bonds is 4. The summed E-state index contributed by atoms with van der Waals surface area (Å²) < 4.78 is 0. The van der Waals surface area contributed by atoms with Gasteiger partial charge in [-0.15, -0.1) is 0 Å². The van der Waals surface area contributed by atoms with Gasteiger partial charge in [0.2, 0.25) is 0 Å². The number of nitrogens with zero attached hydrogens (tertiary/aromatic N) is 1. The predicted octanol–water partition coefficient (Wildman–Crippen LogP) is 6.17. The summed E-state index contributed by atoms with van der Waals surface area (Å²) in [5.41, 5.74) is 4.24. The quantitative estimate of drug-likeness (QED) is 0.407. The van der Waals surface area contributed by atoms with E-state index in [1.54, 1.807) is 12.3 Å². The minimum absolute atomic E-state index is 0.0860. The van der Waals surface area contributed by atoms with Crippen molar-refractivity contribution in [3.8, 4) is 5.75 Å². The molecule has 0 heterocycles. The number of aliphatic imine (C=N–C) groups is 1. The van der Waals surface area contributed by atoms with Crippen LogP contribution in [0.2, 0.25) is 0 Å². The van der Waals surface area contributed by atoms with Crippen molar-refractivity contribution in [1.29, 1.82) is 0 Å². The molecule has 4 aromatic rings. The molecule has 0 aliphatic heterocycles. The molecule has 0 aliphatic carbocycles. The Balaban J connectivity index is 1.80. The second-order valence-electron chi connectivity index (χ2n) is 7.22. The van der Waals surface area contributed by atoms with Crippen molar-refractivity contribution < 1.29 is 9.90 Å². The van der Waals surface area contributed by atoms with E-state index < -0.39 is 0 Å². The zero-order valence-electron chi connectivity index (χ0n) is 16.9. The second kappa shape index (κ2) is 8.21. The highest BCUT2D eigenvalue weighted by molar-refractivity contribution is 6.13. The highest BCUT2D eigenvalue weighted by Crippen LogP contribution is 2.32. The summed E-state index contributed by atoms with van der Waals surface area (Å²) in [6, 6.07) is 24.7. The van der Waals surface area contributed by atoms with Crippen molar-refractivity contribution in [3.63, 3.8) is 0 Å². The van der Waals surface area contributed by atoms with E-state index in [-0.39, 0.29) is 17.2 Å². The molecule has 0 saturated carbocycles. The van der Waals surface area contributed by atoms with Gasteiger partial charge in [0.15, 0.2) is 0 Å². The minimum atomic E-state index is -0.363. The van der Waals surface area contributed by atoms with Gasteiger partial charge in [0.25, 0.3) is 5.91 Å². The molecular weight excluding hydrogens is 372 g/mol. The summed E-state index contributed by atoms with van der Waals surface area (Å²) in [5, 5.41) is 15.6. The number of aryl methyl sites for hydroxylation is 2. The molecule has 0 spiro atoms. The first-order chi connectivity index (χ1) is 14.5. The largest absolute Gasteiger partial charge is 0.506 e. The molecule has 1 amide bonds. The Morgan fingerprint density at radius 1 is 0.900 bits per heavy atom. The Labute approximate surface area is 175 Å². The molecule has 4 rings (SSSR count). The summed E-state index contributed by atoms with van der Waals surface area (Å²) >= 11 is 0. The average Bonchev–Trinajstić information content (AvgIpc) is 2.75. The standard InChI is InChI=1S/C26H22N2O2/c1-17-9-3-7-13-23(17)27-16-22-20-12-6-5-11-19(20)15-21(25(22)29)26(30)28-24-14-8-4-10-18(24)2/h3-16,29H,1-2H3,(H,28,30). The van der Waals surface area contributed by atoms with Gasteiger partial charge in [-0.05, 0) is 53.9 Å². The smallest absolute Gasteiger partial charge is 0.259 e. The summed E-state index contributed by atoms with van der Waals surface area (Å²) in [4.78, 5) is 17.6. The van der Waals surface area contributed by atoms with Gasteiger partial charge in [0.05, 0.1) is 11.3 Å². The molecule has 0 unspecified atom stereocenters. The Morgan fingerprint density at radius 3 is 2.33 bits per heavy atom. The summed E-state index contributed by atoms with van der Waals surface area (Å²) in [6.45, 7) is 3.91. The van der Waals surface area contributed by atoms with Crippen molar-refractivity contribution in [2.24, 2.45) is 4.99 Å². The Hall–Kier alpha value is -3.92. The maximum atomic E-state index is 13.0. The SMILES string of the molecule is Cc1ccccc1N=Cc1c(O)c(C(=O)Nc2ccccc2C)cc2ccccc12. The maximum Gasteiger partial charge on any atom is 0.259 e. The number of hydrogen-bond donors (Lipinski definition) is 2. The number of phenols is 1. The number of carbonyl (C=O) groups excluding carboxylic acids is 1. The molecule has 0 atom stereocenters. The predicted molar refractivity (Wildman–Crippen MR) is 123 cm³/mol. The Morgan fingerprint density at radius 2 is 1.57 bits per heavy atom. The summed E-state index contributed by atoms with van der Waals surface area (Å²) in [6.07, 6.45) is 1.63. The van der Waals surface area contributed by atoms with Crippen molar-refractivity contribution in [1.82, 2.24) is 0 Å². The van der Waals surface area contributed by atoms with Crippen molar-refractivity contribution in [2.45, 2.75) is 13.8 Å². The van der Waals surface area contributed by atoms with Gasteiger partial charge >= 0.3 is 0 Å². The number of fused-ring (bicyclic) bond motifs is 1. The van der Waals surface area contributed by atoms with Crippen LogP contribution in [0.4, 0.5) is 11.4 Å². The van der Waals surface area contributed by atoms with Crippen LogP contribution in [0.15, 0.2) is 83.9 Å². The molecule has 0 aromatic heterocycles. The van der Waals surface area contributed by atoms with E-state index in [0.717, 1.165) is 27.6 Å². The lowest BCUT2D eigenvalue weighted by Crippen LogP contribution is -2.13. The fourth-order valence-corrected chi connectivity index (χ4v) is 3.41. The van der Waals surface area contributed by atoms with Crippen LogP contribution in [-0.4, -0.2) is 17.2 Å². The number of anilines is 1. The highest BCUT2D eigenvalue weighted by Gasteiger charge is 2.18. The second-order valence-corrected chi connectivity index (χ2v) is 7.22. The van der Waals surface area contributed by atoms with Gasteiger partial charge in [-0.25, -0.2) is 0 Å². The third-order valence-corrected chi connectivity index (χ3v) is 5.15. The number of carbonyl (C=O) groups is 1. The average molecular weight is 394 g/mol. The molecule has 4 heteroatoms. The van der Waals surface area contributed by atoms with Crippen LogP contribution in [-0.2, 0) is 0 Å². The third kappa shape index (κ3) is 3.80. The number of nitrogens with one attached hydrogen (secondary N) is 1. The lowest BCUT2D eigenvalue weighted by Gasteiger charge is -2.13. The van der Waals surface area contributed by atoms with Crippen LogP contribution >= 0.6 is 0 Å². The monoisotopic (exact) mass is 394 g/mol. The maximum absolute atomic E-state index is 13.0. The van der Waals surface area contributed by atoms with Gasteiger partial charge in [0, 0.05) is 17.5 Å². The topological polar surface area (TPSA) is 61.7 Å². The van der Waals surface area contributed by atoms with E-state index in [2.05, 4.69) is 10.3 Å². The first-order valence-electron chi connectivity index (χ1n) is 9.76. The molecule has 0 aliphatic rings. The normalized spacial score (nSPS) is 11.1. The zero-order chi connectivity index (χ0) is 21.1. The van der Waals surface area contributed by atoms with Gasteiger partial charge in [-0.2, -0.15) is 0 Å². The molecule has 4 aromatic carbocycles. The van der Waals surface area contributed by atoms with Gasteiger partial charge < -0.3 is 10.4 Å². The zero-order valence-corrected chi connectivity index (χ0v) is 16.9. The Bertz CT molecular complexity index is 1280. The van der Waals surface area contributed by atoms with E-state index in [1.807, 2.05) is 86.6 Å². The summed E-state index contributed by atoms with van der Waals surface area (Å²) in [5.74, 6) is -0.449. The minimum Gasteiger partial charge on any atom is -0.506 e. The fourth-order valence-electron chi connectivity index (χ4n) is 3.41. The number of para-hydroxylation sites is 2. The van der Waals surface area contributed by atoms with E-state index in [4.69, 9.17) is 0 Å². The summed E-state index contributed by atoms with van der Waals surface area (Å²) in [7, 11) is 0. The van der Waals surface area contributed by atoms with Crippen LogP contribution in [0, 0.1) is 13.8 Å². The van der Waals surface area contributed by atoms with E-state index >= 15 is 0 Å². The van der Waals surface area contributed by atoms with Crippen LogP contribution < -0.4 is 5.32 Å². The highest BCUT2D eigenvalue weighted by atomic mass is 16.3. The van der Waals surface area contributed by atoms with E-state index in [0.29, 0.717) is 11.3 Å². The molecule has 0 fully saturated rings. The molecule has 0 radical (unpaired) electrons. The first kappa shape index (κ1) is 19.4. The molecule has 4 nitrogen and oxygen atoms in total. The number of aromatic hydroxyl groups is 1. The lowest BCUT2D eigenvalue weighted by molar-refractivity contribution is 0.102. The lowest BCUT2D eigenvalue weighted by atomic mass is 9.99. The van der Waals surface area contributed by atoms with E-state index in [1.165, 1.54) is 0 Å². The molecule has 0 bridgehead atoms. The van der Waals surface area contributed by atoms with Crippen molar-refractivity contribution in [3.05, 3.63) is 101 Å². The number of benzene rings is 4. The van der Waals surface area contributed by atoms with Crippen LogP contribution in [0.1, 0.15) is 27.0 Å². The fraction of sp³-hybridized carbons (Fsp3) is 0.0769. The molecule has 30 heavy (non-hydrogen) atoms. The molecule has 2 N–H and O–H groups in total. The van der Waals surface area contributed by atoms with Crippen LogP contribution in [0.25, 0.3) is 10.8 Å². The Kier molecular flexibility index (Phi) is 5.31. The van der Waals surface area contributed by atoms with Crippen LogP contribution in [0.5, 0.6) is 5.75 Å².